The van der Waals surface area contributed by atoms with Gasteiger partial charge in [0.25, 0.3) is 0 Å². The predicted octanol–water partition coefficient (Wildman–Crippen LogP) is 6.56. The van der Waals surface area contributed by atoms with Crippen LogP contribution in [-0.2, 0) is 0 Å². The second-order valence-corrected chi connectivity index (χ2v) is 6.91. The minimum absolute atomic E-state index is 0.276. The number of nitrogens with zero attached hydrogens (tertiary/aromatic N) is 1. The SMILES string of the molecule is Cc1ccccc1N(C1=CCCC=C1)C(C)c1ccc(Br)cc1. The predicted molar refractivity (Wildman–Crippen MR) is 103 cm³/mol. The van der Waals surface area contributed by atoms with Crippen LogP contribution in [0, 0.1) is 6.92 Å². The van der Waals surface area contributed by atoms with Crippen molar-refractivity contribution >= 4 is 21.6 Å². The van der Waals surface area contributed by atoms with E-state index in [1.807, 2.05) is 0 Å². The lowest BCUT2D eigenvalue weighted by molar-refractivity contribution is 0.739. The van der Waals surface area contributed by atoms with E-state index in [2.05, 4.69) is 101 Å². The first kappa shape index (κ1) is 16.1. The summed E-state index contributed by atoms with van der Waals surface area (Å²) in [6.45, 7) is 4.46. The summed E-state index contributed by atoms with van der Waals surface area (Å²) in [7, 11) is 0. The minimum atomic E-state index is 0.276. The van der Waals surface area contributed by atoms with E-state index in [1.165, 1.54) is 22.5 Å². The number of para-hydroxylation sites is 1. The van der Waals surface area contributed by atoms with E-state index in [9.17, 15) is 0 Å². The molecule has 0 amide bonds. The van der Waals surface area contributed by atoms with Gasteiger partial charge in [0.2, 0.25) is 0 Å². The molecule has 3 rings (SSSR count). The summed E-state index contributed by atoms with van der Waals surface area (Å²) in [5.74, 6) is 0. The van der Waals surface area contributed by atoms with Gasteiger partial charge in [-0.25, -0.2) is 0 Å². The smallest absolute Gasteiger partial charge is 0.0563 e. The van der Waals surface area contributed by atoms with Crippen molar-refractivity contribution in [2.75, 3.05) is 4.90 Å². The van der Waals surface area contributed by atoms with Crippen molar-refractivity contribution in [1.29, 1.82) is 0 Å². The lowest BCUT2D eigenvalue weighted by Crippen LogP contribution is -2.26. The summed E-state index contributed by atoms with van der Waals surface area (Å²) in [5.41, 5.74) is 5.19. The van der Waals surface area contributed by atoms with Gasteiger partial charge < -0.3 is 4.90 Å². The van der Waals surface area contributed by atoms with Gasteiger partial charge in [-0.3, -0.25) is 0 Å². The molecule has 0 saturated heterocycles. The van der Waals surface area contributed by atoms with Crippen LogP contribution in [0.4, 0.5) is 5.69 Å². The minimum Gasteiger partial charge on any atom is -0.334 e. The van der Waals surface area contributed by atoms with E-state index in [-0.39, 0.29) is 6.04 Å². The summed E-state index contributed by atoms with van der Waals surface area (Å²) in [5, 5.41) is 0. The van der Waals surface area contributed by atoms with Crippen LogP contribution >= 0.6 is 15.9 Å². The number of benzene rings is 2. The van der Waals surface area contributed by atoms with Crippen LogP contribution in [0.5, 0.6) is 0 Å². The van der Waals surface area contributed by atoms with Crippen molar-refractivity contribution in [1.82, 2.24) is 0 Å². The maximum atomic E-state index is 3.53. The van der Waals surface area contributed by atoms with Gasteiger partial charge in [0, 0.05) is 15.9 Å². The van der Waals surface area contributed by atoms with Gasteiger partial charge >= 0.3 is 0 Å². The Morgan fingerprint density at radius 2 is 1.74 bits per heavy atom. The molecule has 1 aliphatic rings. The van der Waals surface area contributed by atoms with Crippen molar-refractivity contribution in [3.05, 3.63) is 88.1 Å². The highest BCUT2D eigenvalue weighted by molar-refractivity contribution is 9.10. The Labute approximate surface area is 147 Å². The van der Waals surface area contributed by atoms with Gasteiger partial charge in [-0.1, -0.05) is 58.4 Å². The molecule has 1 aliphatic carbocycles. The number of aryl methyl sites for hydroxylation is 1. The van der Waals surface area contributed by atoms with Gasteiger partial charge in [-0.2, -0.15) is 0 Å². The monoisotopic (exact) mass is 367 g/mol. The van der Waals surface area contributed by atoms with Crippen LogP contribution < -0.4 is 4.90 Å². The molecule has 0 bridgehead atoms. The number of rotatable bonds is 4. The van der Waals surface area contributed by atoms with E-state index >= 15 is 0 Å². The van der Waals surface area contributed by atoms with Crippen LogP contribution in [-0.4, -0.2) is 0 Å². The summed E-state index contributed by atoms with van der Waals surface area (Å²) in [6.07, 6.45) is 9.13. The molecule has 0 radical (unpaired) electrons. The number of halogens is 1. The molecule has 1 nitrogen and oxygen atoms in total. The Morgan fingerprint density at radius 3 is 2.39 bits per heavy atom. The zero-order valence-corrected chi connectivity index (χ0v) is 15.3. The first-order valence-electron chi connectivity index (χ1n) is 8.14. The van der Waals surface area contributed by atoms with Gasteiger partial charge in [0.1, 0.15) is 0 Å². The molecule has 0 aliphatic heterocycles. The molecule has 118 valence electrons. The number of hydrogen-bond donors (Lipinski definition) is 0. The molecule has 0 saturated carbocycles. The van der Waals surface area contributed by atoms with E-state index in [1.54, 1.807) is 0 Å². The maximum Gasteiger partial charge on any atom is 0.0563 e. The highest BCUT2D eigenvalue weighted by Gasteiger charge is 2.21. The second-order valence-electron chi connectivity index (χ2n) is 5.99. The third-order valence-electron chi connectivity index (χ3n) is 4.37. The quantitative estimate of drug-likeness (QED) is 0.591. The van der Waals surface area contributed by atoms with E-state index in [4.69, 9.17) is 0 Å². The molecular formula is C21H22BrN. The third-order valence-corrected chi connectivity index (χ3v) is 4.90. The van der Waals surface area contributed by atoms with Crippen molar-refractivity contribution in [2.24, 2.45) is 0 Å². The van der Waals surface area contributed by atoms with E-state index in [0.717, 1.165) is 17.3 Å². The highest BCUT2D eigenvalue weighted by Crippen LogP contribution is 2.35. The molecule has 23 heavy (non-hydrogen) atoms. The van der Waals surface area contributed by atoms with Gasteiger partial charge in [-0.15, -0.1) is 0 Å². The fraction of sp³-hybridized carbons (Fsp3) is 0.238. The first-order chi connectivity index (χ1) is 11.2. The van der Waals surface area contributed by atoms with Gasteiger partial charge in [0.15, 0.2) is 0 Å². The Balaban J connectivity index is 2.04. The molecule has 0 aromatic heterocycles. The molecule has 2 aromatic carbocycles. The number of anilines is 1. The van der Waals surface area contributed by atoms with Crippen LogP contribution in [0.2, 0.25) is 0 Å². The Hall–Kier alpha value is -1.80. The van der Waals surface area contributed by atoms with Crippen LogP contribution in [0.1, 0.15) is 36.9 Å². The molecule has 0 N–H and O–H groups in total. The summed E-state index contributed by atoms with van der Waals surface area (Å²) < 4.78 is 1.12. The lowest BCUT2D eigenvalue weighted by Gasteiger charge is -2.34. The van der Waals surface area contributed by atoms with Crippen LogP contribution in [0.15, 0.2) is 76.9 Å². The summed E-state index contributed by atoms with van der Waals surface area (Å²) in [6, 6.07) is 17.5. The molecule has 1 unspecified atom stereocenters. The van der Waals surface area contributed by atoms with Crippen molar-refractivity contribution in [3.8, 4) is 0 Å². The largest absolute Gasteiger partial charge is 0.334 e. The van der Waals surface area contributed by atoms with E-state index < -0.39 is 0 Å². The van der Waals surface area contributed by atoms with Crippen LogP contribution in [0.3, 0.4) is 0 Å². The van der Waals surface area contributed by atoms with Crippen molar-refractivity contribution < 1.29 is 0 Å². The third kappa shape index (κ3) is 3.59. The van der Waals surface area contributed by atoms with Crippen molar-refractivity contribution in [2.45, 2.75) is 32.7 Å². The summed E-state index contributed by atoms with van der Waals surface area (Å²) in [4.78, 5) is 2.45. The lowest BCUT2D eigenvalue weighted by atomic mass is 10.0. The second kappa shape index (κ2) is 7.18. The Morgan fingerprint density at radius 1 is 1.00 bits per heavy atom. The molecule has 0 heterocycles. The standard InChI is InChI=1S/C21H22BrN/c1-16-8-6-7-11-21(16)23(20-9-4-3-5-10-20)17(2)18-12-14-19(22)15-13-18/h4,6-15,17H,3,5H2,1-2H3. The molecule has 0 spiro atoms. The fourth-order valence-corrected chi connectivity index (χ4v) is 3.34. The van der Waals surface area contributed by atoms with Crippen LogP contribution in [0.25, 0.3) is 0 Å². The first-order valence-corrected chi connectivity index (χ1v) is 8.93. The zero-order chi connectivity index (χ0) is 16.2. The zero-order valence-electron chi connectivity index (χ0n) is 13.7. The topological polar surface area (TPSA) is 3.24 Å². The van der Waals surface area contributed by atoms with Gasteiger partial charge in [-0.05, 0) is 62.1 Å². The molecule has 1 atom stereocenters. The van der Waals surface area contributed by atoms with E-state index in [0.29, 0.717) is 0 Å². The molecule has 0 fully saturated rings. The van der Waals surface area contributed by atoms with Crippen molar-refractivity contribution in [3.63, 3.8) is 0 Å². The summed E-state index contributed by atoms with van der Waals surface area (Å²) >= 11 is 3.53. The van der Waals surface area contributed by atoms with Gasteiger partial charge in [0.05, 0.1) is 6.04 Å². The maximum absolute atomic E-state index is 3.53. The average molecular weight is 368 g/mol. The Bertz CT molecular complexity index is 728. The average Bonchev–Trinajstić information content (AvgIpc) is 2.58. The number of allylic oxidation sites excluding steroid dienone is 3. The fourth-order valence-electron chi connectivity index (χ4n) is 3.07. The highest BCUT2D eigenvalue weighted by atomic mass is 79.9. The molecule has 2 aromatic rings. The Kier molecular flexibility index (Phi) is 5.02. The normalized spacial score (nSPS) is 15.2. The molecule has 2 heteroatoms. The number of hydrogen-bond acceptors (Lipinski definition) is 1. The molecular weight excluding hydrogens is 346 g/mol.